The average Bonchev–Trinajstić information content (AvgIpc) is 3.08. The Labute approximate surface area is 125 Å². The fourth-order valence-electron chi connectivity index (χ4n) is 2.71. The van der Waals surface area contributed by atoms with Crippen molar-refractivity contribution < 1.29 is 9.21 Å². The van der Waals surface area contributed by atoms with Crippen LogP contribution in [0, 0.1) is 6.92 Å². The highest BCUT2D eigenvalue weighted by atomic mass is 79.9. The zero-order valence-corrected chi connectivity index (χ0v) is 12.8. The van der Waals surface area contributed by atoms with Crippen molar-refractivity contribution in [3.05, 3.63) is 40.0 Å². The summed E-state index contributed by atoms with van der Waals surface area (Å²) in [6.07, 6.45) is 3.83. The molecule has 1 unspecified atom stereocenters. The lowest BCUT2D eigenvalue weighted by Crippen LogP contribution is -2.39. The van der Waals surface area contributed by atoms with Gasteiger partial charge in [0.15, 0.2) is 10.4 Å². The van der Waals surface area contributed by atoms with Crippen molar-refractivity contribution in [2.45, 2.75) is 25.7 Å². The van der Waals surface area contributed by atoms with Crippen molar-refractivity contribution in [2.75, 3.05) is 13.1 Å². The number of likely N-dealkylation sites (tertiary alicyclic amines) is 1. The van der Waals surface area contributed by atoms with Crippen LogP contribution in [0.5, 0.6) is 0 Å². The third-order valence-corrected chi connectivity index (χ3v) is 4.14. The van der Waals surface area contributed by atoms with Gasteiger partial charge >= 0.3 is 0 Å². The number of H-pyrrole nitrogens is 1. The number of carbonyl (C=O) groups excluding carboxylic acids is 1. The Morgan fingerprint density at radius 2 is 2.45 bits per heavy atom. The summed E-state index contributed by atoms with van der Waals surface area (Å²) in [4.78, 5) is 14.4. The molecule has 1 aliphatic heterocycles. The molecule has 0 bridgehead atoms. The highest BCUT2D eigenvalue weighted by molar-refractivity contribution is 9.10. The molecule has 1 aliphatic rings. The second kappa shape index (κ2) is 5.44. The average molecular weight is 338 g/mol. The maximum Gasteiger partial charge on any atom is 0.289 e. The van der Waals surface area contributed by atoms with E-state index in [1.165, 1.54) is 0 Å². The Morgan fingerprint density at radius 3 is 3.10 bits per heavy atom. The zero-order valence-electron chi connectivity index (χ0n) is 11.2. The van der Waals surface area contributed by atoms with Crippen LogP contribution in [-0.2, 0) is 0 Å². The predicted octanol–water partition coefficient (Wildman–Crippen LogP) is 3.09. The van der Waals surface area contributed by atoms with Gasteiger partial charge in [-0.3, -0.25) is 9.89 Å². The van der Waals surface area contributed by atoms with Gasteiger partial charge in [0.1, 0.15) is 0 Å². The van der Waals surface area contributed by atoms with Crippen molar-refractivity contribution >= 4 is 21.8 Å². The number of hydrogen-bond donors (Lipinski definition) is 1. The van der Waals surface area contributed by atoms with Crippen molar-refractivity contribution in [3.8, 4) is 0 Å². The molecule has 0 aliphatic carbocycles. The van der Waals surface area contributed by atoms with E-state index < -0.39 is 0 Å². The number of rotatable bonds is 2. The van der Waals surface area contributed by atoms with Crippen molar-refractivity contribution in [3.63, 3.8) is 0 Å². The van der Waals surface area contributed by atoms with Crippen LogP contribution in [0.2, 0.25) is 0 Å². The summed E-state index contributed by atoms with van der Waals surface area (Å²) in [5.74, 6) is 0.730. The first-order valence-electron chi connectivity index (χ1n) is 6.69. The molecule has 3 rings (SSSR count). The Hall–Kier alpha value is -1.56. The lowest BCUT2D eigenvalue weighted by molar-refractivity contribution is 0.0671. The Kier molecular flexibility index (Phi) is 3.65. The van der Waals surface area contributed by atoms with E-state index in [0.29, 0.717) is 22.9 Å². The number of nitrogens with zero attached hydrogens (tertiary/aromatic N) is 2. The van der Waals surface area contributed by atoms with Crippen LogP contribution in [0.3, 0.4) is 0 Å². The highest BCUT2D eigenvalue weighted by Gasteiger charge is 2.28. The molecular formula is C14H16BrN3O2. The molecule has 0 spiro atoms. The maximum atomic E-state index is 12.5. The molecule has 1 atom stereocenters. The van der Waals surface area contributed by atoms with Gasteiger partial charge in [0.05, 0.1) is 0 Å². The second-order valence-corrected chi connectivity index (χ2v) is 5.95. The molecule has 20 heavy (non-hydrogen) atoms. The summed E-state index contributed by atoms with van der Waals surface area (Å²) in [6, 6.07) is 3.80. The second-order valence-electron chi connectivity index (χ2n) is 5.16. The van der Waals surface area contributed by atoms with E-state index in [0.717, 1.165) is 30.6 Å². The molecule has 0 saturated carbocycles. The number of aryl methyl sites for hydroxylation is 1. The third-order valence-electron chi connectivity index (χ3n) is 3.75. The number of hydrogen-bond acceptors (Lipinski definition) is 3. The first kappa shape index (κ1) is 13.4. The van der Waals surface area contributed by atoms with E-state index in [2.05, 4.69) is 26.1 Å². The van der Waals surface area contributed by atoms with Crippen LogP contribution in [0.25, 0.3) is 0 Å². The summed E-state index contributed by atoms with van der Waals surface area (Å²) in [5.41, 5.74) is 1.96. The fourth-order valence-corrected chi connectivity index (χ4v) is 3.21. The summed E-state index contributed by atoms with van der Waals surface area (Å²) in [7, 11) is 0. The van der Waals surface area contributed by atoms with E-state index in [1.54, 1.807) is 6.20 Å². The molecule has 1 amide bonds. The van der Waals surface area contributed by atoms with Gasteiger partial charge in [0.2, 0.25) is 0 Å². The smallest absolute Gasteiger partial charge is 0.289 e. The molecule has 5 nitrogen and oxygen atoms in total. The topological polar surface area (TPSA) is 62.1 Å². The first-order chi connectivity index (χ1) is 9.65. The minimum atomic E-state index is -0.0302. The molecule has 6 heteroatoms. The van der Waals surface area contributed by atoms with E-state index in [4.69, 9.17) is 4.42 Å². The largest absolute Gasteiger partial charge is 0.444 e. The molecule has 1 N–H and O–H groups in total. The molecule has 2 aromatic rings. The summed E-state index contributed by atoms with van der Waals surface area (Å²) in [6.45, 7) is 3.37. The number of carbonyl (C=O) groups is 1. The van der Waals surface area contributed by atoms with Gasteiger partial charge in [0, 0.05) is 36.5 Å². The monoisotopic (exact) mass is 337 g/mol. The van der Waals surface area contributed by atoms with Crippen LogP contribution in [0.1, 0.15) is 40.6 Å². The van der Waals surface area contributed by atoms with E-state index >= 15 is 0 Å². The molecule has 2 aromatic heterocycles. The molecule has 0 aromatic carbocycles. The minimum absolute atomic E-state index is 0.0302. The molecular weight excluding hydrogens is 322 g/mol. The van der Waals surface area contributed by atoms with Gasteiger partial charge < -0.3 is 9.32 Å². The van der Waals surface area contributed by atoms with Crippen LogP contribution in [-0.4, -0.2) is 34.1 Å². The highest BCUT2D eigenvalue weighted by Crippen LogP contribution is 2.28. The molecule has 3 heterocycles. The molecule has 1 fully saturated rings. The Bertz CT molecular complexity index is 606. The molecule has 0 radical (unpaired) electrons. The van der Waals surface area contributed by atoms with Gasteiger partial charge in [0.25, 0.3) is 5.91 Å². The number of nitrogens with one attached hydrogen (secondary N) is 1. The number of aromatic amines is 1. The first-order valence-corrected chi connectivity index (χ1v) is 7.49. The van der Waals surface area contributed by atoms with Crippen molar-refractivity contribution in [2.24, 2.45) is 0 Å². The number of aromatic nitrogens is 2. The van der Waals surface area contributed by atoms with Gasteiger partial charge in [-0.15, -0.1) is 0 Å². The van der Waals surface area contributed by atoms with Crippen molar-refractivity contribution in [1.29, 1.82) is 0 Å². The number of amides is 1. The Balaban J connectivity index is 1.77. The Morgan fingerprint density at radius 1 is 1.60 bits per heavy atom. The van der Waals surface area contributed by atoms with Crippen LogP contribution >= 0.6 is 15.9 Å². The number of furan rings is 1. The van der Waals surface area contributed by atoms with Crippen LogP contribution in [0.15, 0.2) is 27.4 Å². The molecule has 106 valence electrons. The lowest BCUT2D eigenvalue weighted by Gasteiger charge is -2.31. The summed E-state index contributed by atoms with van der Waals surface area (Å²) >= 11 is 3.27. The molecule has 1 saturated heterocycles. The minimum Gasteiger partial charge on any atom is -0.444 e. The predicted molar refractivity (Wildman–Crippen MR) is 77.6 cm³/mol. The third kappa shape index (κ3) is 2.52. The van der Waals surface area contributed by atoms with Gasteiger partial charge in [-0.1, -0.05) is 0 Å². The fraction of sp³-hybridized carbons (Fsp3) is 0.429. The SMILES string of the molecule is Cc1cc(Br)oc1C(=O)N1CCCC(c2ccn[nH]2)C1. The van der Waals surface area contributed by atoms with Gasteiger partial charge in [-0.05, 0) is 47.8 Å². The van der Waals surface area contributed by atoms with E-state index in [-0.39, 0.29) is 5.91 Å². The lowest BCUT2D eigenvalue weighted by atomic mass is 9.94. The zero-order chi connectivity index (χ0) is 14.1. The van der Waals surface area contributed by atoms with E-state index in [9.17, 15) is 4.79 Å². The quantitative estimate of drug-likeness (QED) is 0.915. The summed E-state index contributed by atoms with van der Waals surface area (Å²) in [5, 5.41) is 6.99. The van der Waals surface area contributed by atoms with Gasteiger partial charge in [-0.2, -0.15) is 5.10 Å². The summed E-state index contributed by atoms with van der Waals surface area (Å²) < 4.78 is 6.06. The number of piperidine rings is 1. The maximum absolute atomic E-state index is 12.5. The number of halogens is 1. The normalized spacial score (nSPS) is 19.3. The van der Waals surface area contributed by atoms with Crippen molar-refractivity contribution in [1.82, 2.24) is 15.1 Å². The van der Waals surface area contributed by atoms with Gasteiger partial charge in [-0.25, -0.2) is 0 Å². The standard InChI is InChI=1S/C14H16BrN3O2/c1-9-7-12(15)20-13(9)14(19)18-6-2-3-10(8-18)11-4-5-16-17-11/h4-5,7,10H,2-3,6,8H2,1H3,(H,16,17). The van der Waals surface area contributed by atoms with Crippen LogP contribution in [0.4, 0.5) is 0 Å². The van der Waals surface area contributed by atoms with E-state index in [1.807, 2.05) is 24.0 Å². The van der Waals surface area contributed by atoms with Crippen LogP contribution < -0.4 is 0 Å².